The number of alkyl halides is 3. The molecule has 174 valence electrons. The molecule has 0 saturated heterocycles. The SMILES string of the molecule is O=c1[nH]c(-c2cccs2)nc2c1CN(Cc1ccc(-c3ccc(OC(F)(F)F)cc3)nc1)CC2. The van der Waals surface area contributed by atoms with Crippen LogP contribution >= 0.6 is 11.3 Å². The van der Waals surface area contributed by atoms with Gasteiger partial charge in [0, 0.05) is 37.8 Å². The number of aromatic amines is 1. The molecule has 0 bridgehead atoms. The summed E-state index contributed by atoms with van der Waals surface area (Å²) in [6.07, 6.45) is -2.29. The van der Waals surface area contributed by atoms with E-state index in [1.165, 1.54) is 35.6 Å². The topological polar surface area (TPSA) is 71.1 Å². The second-order valence-electron chi connectivity index (χ2n) is 7.90. The van der Waals surface area contributed by atoms with Crippen molar-refractivity contribution in [3.05, 3.63) is 87.3 Å². The first-order valence-electron chi connectivity index (χ1n) is 10.5. The normalized spacial score (nSPS) is 14.1. The zero-order chi connectivity index (χ0) is 23.7. The molecule has 0 unspecified atom stereocenters. The van der Waals surface area contributed by atoms with Gasteiger partial charge < -0.3 is 9.72 Å². The fraction of sp³-hybridized carbons (Fsp3) is 0.208. The van der Waals surface area contributed by atoms with Gasteiger partial charge in [-0.25, -0.2) is 4.98 Å². The van der Waals surface area contributed by atoms with E-state index < -0.39 is 6.36 Å². The number of benzene rings is 1. The molecule has 34 heavy (non-hydrogen) atoms. The number of ether oxygens (including phenoxy) is 1. The highest BCUT2D eigenvalue weighted by Gasteiger charge is 2.31. The zero-order valence-electron chi connectivity index (χ0n) is 17.8. The van der Waals surface area contributed by atoms with E-state index in [2.05, 4.69) is 24.6 Å². The Morgan fingerprint density at radius 2 is 1.94 bits per heavy atom. The molecule has 4 heterocycles. The molecule has 6 nitrogen and oxygen atoms in total. The van der Waals surface area contributed by atoms with E-state index in [4.69, 9.17) is 0 Å². The van der Waals surface area contributed by atoms with Crippen LogP contribution in [-0.4, -0.2) is 32.8 Å². The van der Waals surface area contributed by atoms with Crippen LogP contribution in [0.5, 0.6) is 5.75 Å². The second-order valence-corrected chi connectivity index (χ2v) is 8.85. The Morgan fingerprint density at radius 1 is 1.12 bits per heavy atom. The molecule has 0 saturated carbocycles. The summed E-state index contributed by atoms with van der Waals surface area (Å²) in [5.74, 6) is 0.343. The number of nitrogens with one attached hydrogen (secondary N) is 1. The lowest BCUT2D eigenvalue weighted by Gasteiger charge is -2.27. The van der Waals surface area contributed by atoms with Gasteiger partial charge in [-0.15, -0.1) is 24.5 Å². The predicted molar refractivity (Wildman–Crippen MR) is 122 cm³/mol. The third-order valence-corrected chi connectivity index (χ3v) is 6.39. The van der Waals surface area contributed by atoms with Crippen molar-refractivity contribution in [1.29, 1.82) is 0 Å². The van der Waals surface area contributed by atoms with E-state index in [0.29, 0.717) is 42.2 Å². The van der Waals surface area contributed by atoms with E-state index in [0.717, 1.165) is 22.7 Å². The molecular formula is C24H19F3N4O2S. The van der Waals surface area contributed by atoms with E-state index >= 15 is 0 Å². The zero-order valence-corrected chi connectivity index (χ0v) is 18.6. The summed E-state index contributed by atoms with van der Waals surface area (Å²) in [5.41, 5.74) is 3.74. The molecule has 0 amide bonds. The third kappa shape index (κ3) is 5.02. The Morgan fingerprint density at radius 3 is 2.62 bits per heavy atom. The molecule has 1 aromatic carbocycles. The Hall–Kier alpha value is -3.50. The lowest BCUT2D eigenvalue weighted by molar-refractivity contribution is -0.274. The van der Waals surface area contributed by atoms with Gasteiger partial charge in [-0.3, -0.25) is 14.7 Å². The molecule has 0 atom stereocenters. The molecule has 0 aliphatic carbocycles. The summed E-state index contributed by atoms with van der Waals surface area (Å²) < 4.78 is 40.9. The molecule has 0 fully saturated rings. The molecule has 1 aliphatic heterocycles. The highest BCUT2D eigenvalue weighted by atomic mass is 32.1. The van der Waals surface area contributed by atoms with Crippen LogP contribution in [0.4, 0.5) is 13.2 Å². The maximum Gasteiger partial charge on any atom is 0.573 e. The number of thiophene rings is 1. The lowest BCUT2D eigenvalue weighted by Crippen LogP contribution is -2.35. The molecule has 1 N–H and O–H groups in total. The minimum absolute atomic E-state index is 0.107. The van der Waals surface area contributed by atoms with Gasteiger partial charge in [-0.2, -0.15) is 0 Å². The summed E-state index contributed by atoms with van der Waals surface area (Å²) in [5, 5.41) is 1.95. The van der Waals surface area contributed by atoms with Crippen LogP contribution in [0.1, 0.15) is 16.8 Å². The molecule has 5 rings (SSSR count). The molecule has 3 aromatic heterocycles. The number of aromatic nitrogens is 3. The number of rotatable bonds is 5. The van der Waals surface area contributed by atoms with Gasteiger partial charge in [-0.05, 0) is 47.3 Å². The first-order chi connectivity index (χ1) is 16.3. The first-order valence-corrected chi connectivity index (χ1v) is 11.4. The fourth-order valence-corrected chi connectivity index (χ4v) is 4.59. The molecule has 4 aromatic rings. The Labute approximate surface area is 196 Å². The van der Waals surface area contributed by atoms with Gasteiger partial charge in [-0.1, -0.05) is 12.1 Å². The van der Waals surface area contributed by atoms with Crippen LogP contribution in [0.25, 0.3) is 22.0 Å². The smallest absolute Gasteiger partial charge is 0.406 e. The number of H-pyrrole nitrogens is 1. The number of nitrogens with zero attached hydrogens (tertiary/aromatic N) is 3. The highest BCUT2D eigenvalue weighted by Crippen LogP contribution is 2.26. The monoisotopic (exact) mass is 484 g/mol. The fourth-order valence-electron chi connectivity index (χ4n) is 3.92. The van der Waals surface area contributed by atoms with Crippen LogP contribution in [0, 0.1) is 0 Å². The van der Waals surface area contributed by atoms with E-state index in [1.54, 1.807) is 6.20 Å². The lowest BCUT2D eigenvalue weighted by atomic mass is 10.1. The molecule has 0 spiro atoms. The van der Waals surface area contributed by atoms with Crippen molar-refractivity contribution >= 4 is 11.3 Å². The quantitative estimate of drug-likeness (QED) is 0.431. The van der Waals surface area contributed by atoms with Crippen molar-refractivity contribution in [1.82, 2.24) is 19.9 Å². The maximum atomic E-state index is 12.7. The second kappa shape index (κ2) is 9.03. The van der Waals surface area contributed by atoms with E-state index in [-0.39, 0.29) is 11.3 Å². The molecule has 10 heteroatoms. The Bertz CT molecular complexity index is 1330. The average molecular weight is 485 g/mol. The van der Waals surface area contributed by atoms with Gasteiger partial charge in [0.05, 0.1) is 21.8 Å². The van der Waals surface area contributed by atoms with Gasteiger partial charge >= 0.3 is 6.36 Å². The number of hydrogen-bond acceptors (Lipinski definition) is 6. The van der Waals surface area contributed by atoms with Crippen LogP contribution in [0.2, 0.25) is 0 Å². The third-order valence-electron chi connectivity index (χ3n) is 5.52. The Kier molecular flexibility index (Phi) is 5.93. The van der Waals surface area contributed by atoms with Crippen molar-refractivity contribution in [3.8, 4) is 27.7 Å². The van der Waals surface area contributed by atoms with Gasteiger partial charge in [0.1, 0.15) is 5.75 Å². The van der Waals surface area contributed by atoms with Crippen molar-refractivity contribution < 1.29 is 17.9 Å². The summed E-state index contributed by atoms with van der Waals surface area (Å²) in [7, 11) is 0. The van der Waals surface area contributed by atoms with Crippen molar-refractivity contribution in [2.45, 2.75) is 25.9 Å². The van der Waals surface area contributed by atoms with Crippen LogP contribution in [0.15, 0.2) is 64.9 Å². The van der Waals surface area contributed by atoms with Crippen LogP contribution in [-0.2, 0) is 19.5 Å². The minimum atomic E-state index is -4.72. The summed E-state index contributed by atoms with van der Waals surface area (Å²) in [6.45, 7) is 1.90. The average Bonchev–Trinajstić information content (AvgIpc) is 3.35. The van der Waals surface area contributed by atoms with E-state index in [1.807, 2.05) is 29.6 Å². The molecule has 1 aliphatic rings. The molecule has 0 radical (unpaired) electrons. The van der Waals surface area contributed by atoms with Crippen molar-refractivity contribution in [2.75, 3.05) is 6.54 Å². The number of fused-ring (bicyclic) bond motifs is 1. The maximum absolute atomic E-state index is 12.7. The van der Waals surface area contributed by atoms with E-state index in [9.17, 15) is 18.0 Å². The molecular weight excluding hydrogens is 465 g/mol. The predicted octanol–water partition coefficient (Wildman–Crippen LogP) is 5.02. The number of hydrogen-bond donors (Lipinski definition) is 1. The van der Waals surface area contributed by atoms with Crippen molar-refractivity contribution in [2.24, 2.45) is 0 Å². The Balaban J connectivity index is 1.25. The highest BCUT2D eigenvalue weighted by molar-refractivity contribution is 7.13. The van der Waals surface area contributed by atoms with Gasteiger partial charge in [0.2, 0.25) is 0 Å². The number of halogens is 3. The van der Waals surface area contributed by atoms with Crippen LogP contribution < -0.4 is 10.3 Å². The standard InChI is InChI=1S/C24H19F3N4O2S/c25-24(26,27)33-17-6-4-16(5-7-17)19-8-3-15(12-28-19)13-31-10-9-20-18(14-31)23(32)30-22(29-20)21-2-1-11-34-21/h1-8,11-12H,9-10,13-14H2,(H,29,30,32). The summed E-state index contributed by atoms with van der Waals surface area (Å²) in [4.78, 5) is 27.8. The van der Waals surface area contributed by atoms with Crippen molar-refractivity contribution in [3.63, 3.8) is 0 Å². The van der Waals surface area contributed by atoms with Gasteiger partial charge in [0.15, 0.2) is 5.82 Å². The minimum Gasteiger partial charge on any atom is -0.406 e. The van der Waals surface area contributed by atoms with Gasteiger partial charge in [0.25, 0.3) is 5.56 Å². The first kappa shape index (κ1) is 22.3. The van der Waals surface area contributed by atoms with Crippen LogP contribution in [0.3, 0.4) is 0 Å². The summed E-state index contributed by atoms with van der Waals surface area (Å²) in [6, 6.07) is 13.2. The largest absolute Gasteiger partial charge is 0.573 e. The number of pyridine rings is 1. The summed E-state index contributed by atoms with van der Waals surface area (Å²) >= 11 is 1.54.